The fraction of sp³-hybridized carbons (Fsp3) is 0.364. The number of hydrogen-bond donors (Lipinski definition) is 1. The van der Waals surface area contributed by atoms with Gasteiger partial charge in [0, 0.05) is 5.56 Å². The average Bonchev–Trinajstić information content (AvgIpc) is 2.22. The summed E-state index contributed by atoms with van der Waals surface area (Å²) in [6, 6.07) is 3.43. The van der Waals surface area contributed by atoms with E-state index in [-0.39, 0.29) is 12.2 Å². The second-order valence-corrected chi connectivity index (χ2v) is 3.17. The summed E-state index contributed by atoms with van der Waals surface area (Å²) < 4.78 is 30.6. The standard InChI is InChI=1S/C11H12F2O3/c1-2-16-10(15)6-9(14)7-4-3-5-8(12)11(7)13/h3-5,9,14H,2,6H2,1H3. The molecule has 0 aliphatic rings. The number of carbonyl (C=O) groups excluding carboxylic acids is 1. The molecule has 1 atom stereocenters. The lowest BCUT2D eigenvalue weighted by atomic mass is 10.1. The summed E-state index contributed by atoms with van der Waals surface area (Å²) in [6.45, 7) is 1.80. The number of hydrogen-bond acceptors (Lipinski definition) is 3. The molecular formula is C11H12F2O3. The summed E-state index contributed by atoms with van der Waals surface area (Å²) in [6.07, 6.45) is -1.79. The molecule has 1 rings (SSSR count). The van der Waals surface area contributed by atoms with E-state index in [1.165, 1.54) is 12.1 Å². The van der Waals surface area contributed by atoms with E-state index in [1.54, 1.807) is 6.92 Å². The van der Waals surface area contributed by atoms with Crippen molar-refractivity contribution in [2.24, 2.45) is 0 Å². The minimum absolute atomic E-state index is 0.178. The van der Waals surface area contributed by atoms with Crippen LogP contribution in [0.15, 0.2) is 18.2 Å². The highest BCUT2D eigenvalue weighted by Crippen LogP contribution is 2.22. The summed E-state index contributed by atoms with van der Waals surface area (Å²) >= 11 is 0. The second-order valence-electron chi connectivity index (χ2n) is 3.17. The number of halogens is 2. The van der Waals surface area contributed by atoms with Gasteiger partial charge in [0.05, 0.1) is 19.1 Å². The van der Waals surface area contributed by atoms with Crippen molar-refractivity contribution < 1.29 is 23.4 Å². The molecule has 88 valence electrons. The quantitative estimate of drug-likeness (QED) is 0.804. The van der Waals surface area contributed by atoms with Crippen molar-refractivity contribution in [3.63, 3.8) is 0 Å². The SMILES string of the molecule is CCOC(=O)CC(O)c1cccc(F)c1F. The van der Waals surface area contributed by atoms with Crippen LogP contribution in [0.1, 0.15) is 25.0 Å². The van der Waals surface area contributed by atoms with Gasteiger partial charge < -0.3 is 9.84 Å². The van der Waals surface area contributed by atoms with Gasteiger partial charge in [-0.25, -0.2) is 8.78 Å². The van der Waals surface area contributed by atoms with Gasteiger partial charge in [-0.1, -0.05) is 12.1 Å². The first kappa shape index (κ1) is 12.6. The molecule has 1 unspecified atom stereocenters. The molecule has 0 aliphatic carbocycles. The molecule has 3 nitrogen and oxygen atoms in total. The molecule has 0 aliphatic heterocycles. The Morgan fingerprint density at radius 1 is 1.50 bits per heavy atom. The number of rotatable bonds is 4. The van der Waals surface area contributed by atoms with Crippen LogP contribution >= 0.6 is 0 Å². The molecule has 0 spiro atoms. The Balaban J connectivity index is 2.76. The van der Waals surface area contributed by atoms with Crippen molar-refractivity contribution in [3.8, 4) is 0 Å². The van der Waals surface area contributed by atoms with Gasteiger partial charge in [-0.2, -0.15) is 0 Å². The molecule has 0 aromatic heterocycles. The minimum atomic E-state index is -1.39. The van der Waals surface area contributed by atoms with Gasteiger partial charge in [-0.15, -0.1) is 0 Å². The van der Waals surface area contributed by atoms with Crippen molar-refractivity contribution in [1.29, 1.82) is 0 Å². The predicted molar refractivity (Wildman–Crippen MR) is 52.6 cm³/mol. The van der Waals surface area contributed by atoms with E-state index < -0.39 is 30.1 Å². The Labute approximate surface area is 91.7 Å². The van der Waals surface area contributed by atoms with Crippen molar-refractivity contribution >= 4 is 5.97 Å². The van der Waals surface area contributed by atoms with Gasteiger partial charge >= 0.3 is 5.97 Å². The van der Waals surface area contributed by atoms with Crippen molar-refractivity contribution in [3.05, 3.63) is 35.4 Å². The molecule has 1 aromatic rings. The first-order chi connectivity index (χ1) is 7.56. The number of carbonyl (C=O) groups is 1. The second kappa shape index (κ2) is 5.55. The van der Waals surface area contributed by atoms with Crippen LogP contribution < -0.4 is 0 Å². The lowest BCUT2D eigenvalue weighted by Gasteiger charge is -2.11. The lowest BCUT2D eigenvalue weighted by molar-refractivity contribution is -0.145. The third-order valence-corrected chi connectivity index (χ3v) is 2.01. The Morgan fingerprint density at radius 3 is 2.81 bits per heavy atom. The summed E-state index contributed by atoms with van der Waals surface area (Å²) in [5, 5.41) is 9.52. The smallest absolute Gasteiger partial charge is 0.308 e. The van der Waals surface area contributed by atoms with Gasteiger partial charge in [0.25, 0.3) is 0 Å². The molecule has 1 N–H and O–H groups in total. The monoisotopic (exact) mass is 230 g/mol. The molecular weight excluding hydrogens is 218 g/mol. The number of ether oxygens (including phenoxy) is 1. The van der Waals surface area contributed by atoms with Crippen molar-refractivity contribution in [1.82, 2.24) is 0 Å². The van der Waals surface area contributed by atoms with Crippen LogP contribution in [0.4, 0.5) is 8.78 Å². The number of esters is 1. The summed E-state index contributed by atoms with van der Waals surface area (Å²) in [7, 11) is 0. The predicted octanol–water partition coefficient (Wildman–Crippen LogP) is 1.95. The van der Waals surface area contributed by atoms with E-state index >= 15 is 0 Å². The summed E-state index contributed by atoms with van der Waals surface area (Å²) in [5.74, 6) is -2.85. The molecule has 0 saturated heterocycles. The van der Waals surface area contributed by atoms with Gasteiger partial charge in [-0.05, 0) is 13.0 Å². The molecule has 0 amide bonds. The van der Waals surface area contributed by atoms with E-state index in [0.29, 0.717) is 0 Å². The topological polar surface area (TPSA) is 46.5 Å². The molecule has 0 heterocycles. The fourth-order valence-corrected chi connectivity index (χ4v) is 1.27. The number of aliphatic hydroxyl groups excluding tert-OH is 1. The lowest BCUT2D eigenvalue weighted by Crippen LogP contribution is -2.11. The van der Waals surface area contributed by atoms with Crippen LogP contribution in [0, 0.1) is 11.6 Å². The molecule has 1 aromatic carbocycles. The van der Waals surface area contributed by atoms with E-state index in [4.69, 9.17) is 0 Å². The molecule has 0 fully saturated rings. The zero-order chi connectivity index (χ0) is 12.1. The number of benzene rings is 1. The van der Waals surface area contributed by atoms with Gasteiger partial charge in [0.15, 0.2) is 11.6 Å². The highest BCUT2D eigenvalue weighted by atomic mass is 19.2. The Morgan fingerprint density at radius 2 is 2.19 bits per heavy atom. The van der Waals surface area contributed by atoms with E-state index in [0.717, 1.165) is 6.07 Å². The zero-order valence-electron chi connectivity index (χ0n) is 8.74. The first-order valence-corrected chi connectivity index (χ1v) is 4.83. The zero-order valence-corrected chi connectivity index (χ0v) is 8.74. The third-order valence-electron chi connectivity index (χ3n) is 2.01. The normalized spacial score (nSPS) is 12.2. The first-order valence-electron chi connectivity index (χ1n) is 4.83. The third kappa shape index (κ3) is 3.00. The van der Waals surface area contributed by atoms with Crippen LogP contribution in [0.25, 0.3) is 0 Å². The highest BCUT2D eigenvalue weighted by molar-refractivity contribution is 5.70. The fourth-order valence-electron chi connectivity index (χ4n) is 1.27. The van der Waals surface area contributed by atoms with Gasteiger partial charge in [0.2, 0.25) is 0 Å². The molecule has 16 heavy (non-hydrogen) atoms. The summed E-state index contributed by atoms with van der Waals surface area (Å²) in [5.41, 5.74) is -0.243. The van der Waals surface area contributed by atoms with Gasteiger partial charge in [0.1, 0.15) is 0 Å². The Kier molecular flexibility index (Phi) is 4.37. The van der Waals surface area contributed by atoms with Gasteiger partial charge in [-0.3, -0.25) is 4.79 Å². The van der Waals surface area contributed by atoms with Crippen molar-refractivity contribution in [2.75, 3.05) is 6.61 Å². The average molecular weight is 230 g/mol. The van der Waals surface area contributed by atoms with E-state index in [2.05, 4.69) is 4.74 Å². The highest BCUT2D eigenvalue weighted by Gasteiger charge is 2.19. The van der Waals surface area contributed by atoms with Crippen LogP contribution in [0.3, 0.4) is 0 Å². The van der Waals surface area contributed by atoms with Crippen LogP contribution in [-0.2, 0) is 9.53 Å². The summed E-state index contributed by atoms with van der Waals surface area (Å²) in [4.78, 5) is 11.0. The van der Waals surface area contributed by atoms with Crippen LogP contribution in [0.2, 0.25) is 0 Å². The van der Waals surface area contributed by atoms with E-state index in [1.807, 2.05) is 0 Å². The van der Waals surface area contributed by atoms with Crippen LogP contribution in [0.5, 0.6) is 0 Å². The van der Waals surface area contributed by atoms with Crippen LogP contribution in [-0.4, -0.2) is 17.7 Å². The maximum absolute atomic E-state index is 13.2. The van der Waals surface area contributed by atoms with Crippen molar-refractivity contribution in [2.45, 2.75) is 19.4 Å². The maximum Gasteiger partial charge on any atom is 0.308 e. The molecule has 0 saturated carbocycles. The number of aliphatic hydroxyl groups is 1. The molecule has 0 bridgehead atoms. The molecule has 0 radical (unpaired) electrons. The Hall–Kier alpha value is -1.49. The Bertz CT molecular complexity index is 379. The largest absolute Gasteiger partial charge is 0.466 e. The van der Waals surface area contributed by atoms with E-state index in [9.17, 15) is 18.7 Å². The molecule has 5 heteroatoms. The maximum atomic E-state index is 13.2. The minimum Gasteiger partial charge on any atom is -0.466 e.